The van der Waals surface area contributed by atoms with E-state index in [2.05, 4.69) is 5.32 Å². The first kappa shape index (κ1) is 16.2. The van der Waals surface area contributed by atoms with E-state index in [1.54, 1.807) is 28.0 Å². The van der Waals surface area contributed by atoms with E-state index in [-0.39, 0.29) is 24.4 Å². The van der Waals surface area contributed by atoms with E-state index in [0.29, 0.717) is 41.9 Å². The zero-order valence-corrected chi connectivity index (χ0v) is 14.5. The van der Waals surface area contributed by atoms with Crippen LogP contribution < -0.4 is 10.2 Å². The molecule has 2 saturated heterocycles. The van der Waals surface area contributed by atoms with Crippen LogP contribution in [0.15, 0.2) is 18.2 Å². The smallest absolute Gasteiger partial charge is 0.321 e. The summed E-state index contributed by atoms with van der Waals surface area (Å²) in [6.07, 6.45) is 2.31. The van der Waals surface area contributed by atoms with Gasteiger partial charge in [-0.2, -0.15) is 0 Å². The van der Waals surface area contributed by atoms with Crippen LogP contribution in [0.2, 0.25) is 5.02 Å². The number of nitrogens with one attached hydrogen (secondary N) is 1. The Hall–Kier alpha value is -2.28. The third-order valence-corrected chi connectivity index (χ3v) is 5.16. The first-order chi connectivity index (χ1) is 12.0. The summed E-state index contributed by atoms with van der Waals surface area (Å²) in [7, 11) is 0. The van der Waals surface area contributed by atoms with Gasteiger partial charge in [-0.15, -0.1) is 0 Å². The first-order valence-electron chi connectivity index (χ1n) is 8.45. The number of rotatable bonds is 4. The minimum absolute atomic E-state index is 0.0218. The summed E-state index contributed by atoms with van der Waals surface area (Å²) >= 11 is 6.21. The van der Waals surface area contributed by atoms with Crippen molar-refractivity contribution in [2.24, 2.45) is 5.92 Å². The van der Waals surface area contributed by atoms with Crippen molar-refractivity contribution in [2.45, 2.75) is 12.8 Å². The second-order valence-electron chi connectivity index (χ2n) is 6.75. The van der Waals surface area contributed by atoms with E-state index >= 15 is 0 Å². The lowest BCUT2D eigenvalue weighted by molar-refractivity contribution is -0.126. The van der Waals surface area contributed by atoms with Gasteiger partial charge in [-0.3, -0.25) is 14.5 Å². The minimum Gasteiger partial charge on any atom is -0.336 e. The van der Waals surface area contributed by atoms with Gasteiger partial charge < -0.3 is 15.1 Å². The number of hydrogen-bond acceptors (Lipinski definition) is 3. The highest BCUT2D eigenvalue weighted by atomic mass is 35.5. The topological polar surface area (TPSA) is 73.0 Å². The predicted octanol–water partition coefficient (Wildman–Crippen LogP) is 1.52. The molecule has 1 saturated carbocycles. The SMILES string of the molecule is O=C1CN(C(=O)c2cc(N3CCNC3=O)ccc2Cl)CN1CC1CC1. The van der Waals surface area contributed by atoms with Crippen molar-refractivity contribution < 1.29 is 14.4 Å². The van der Waals surface area contributed by atoms with Crippen LogP contribution in [0.4, 0.5) is 10.5 Å². The number of carbonyl (C=O) groups excluding carboxylic acids is 3. The van der Waals surface area contributed by atoms with Crippen molar-refractivity contribution in [1.29, 1.82) is 0 Å². The molecule has 0 bridgehead atoms. The molecule has 0 radical (unpaired) electrons. The summed E-state index contributed by atoms with van der Waals surface area (Å²) < 4.78 is 0. The molecule has 7 nitrogen and oxygen atoms in total. The number of nitrogens with zero attached hydrogens (tertiary/aromatic N) is 3. The number of benzene rings is 1. The van der Waals surface area contributed by atoms with Gasteiger partial charge in [-0.05, 0) is 37.0 Å². The molecule has 0 aromatic heterocycles. The lowest BCUT2D eigenvalue weighted by atomic mass is 10.1. The lowest BCUT2D eigenvalue weighted by Crippen LogP contribution is -2.32. The molecule has 25 heavy (non-hydrogen) atoms. The highest BCUT2D eigenvalue weighted by Crippen LogP contribution is 2.31. The number of hydrogen-bond donors (Lipinski definition) is 1. The molecule has 2 heterocycles. The van der Waals surface area contributed by atoms with E-state index in [1.807, 2.05) is 0 Å². The van der Waals surface area contributed by atoms with Crippen molar-refractivity contribution in [1.82, 2.24) is 15.1 Å². The maximum Gasteiger partial charge on any atom is 0.321 e. The normalized spacial score (nSPS) is 20.4. The Balaban J connectivity index is 1.53. The van der Waals surface area contributed by atoms with Crippen LogP contribution in [0.3, 0.4) is 0 Å². The van der Waals surface area contributed by atoms with Crippen LogP contribution in [0.1, 0.15) is 23.2 Å². The van der Waals surface area contributed by atoms with Gasteiger partial charge in [0.25, 0.3) is 5.91 Å². The van der Waals surface area contributed by atoms with Crippen LogP contribution in [-0.2, 0) is 4.79 Å². The second-order valence-corrected chi connectivity index (χ2v) is 7.16. The molecule has 2 aliphatic heterocycles. The molecular formula is C17H19ClN4O3. The fraction of sp³-hybridized carbons (Fsp3) is 0.471. The molecule has 3 aliphatic rings. The van der Waals surface area contributed by atoms with E-state index in [9.17, 15) is 14.4 Å². The fourth-order valence-electron chi connectivity index (χ4n) is 3.24. The molecule has 0 unspecified atom stereocenters. The zero-order valence-electron chi connectivity index (χ0n) is 13.7. The quantitative estimate of drug-likeness (QED) is 0.882. The number of halogens is 1. The molecule has 8 heteroatoms. The van der Waals surface area contributed by atoms with E-state index < -0.39 is 0 Å². The van der Waals surface area contributed by atoms with Gasteiger partial charge in [0.15, 0.2) is 0 Å². The maximum atomic E-state index is 12.9. The molecular weight excluding hydrogens is 344 g/mol. The average Bonchev–Trinajstić information content (AvgIpc) is 3.19. The summed E-state index contributed by atoms with van der Waals surface area (Å²) in [5.74, 6) is 0.282. The summed E-state index contributed by atoms with van der Waals surface area (Å²) in [5.41, 5.74) is 0.947. The van der Waals surface area contributed by atoms with Crippen molar-refractivity contribution in [3.63, 3.8) is 0 Å². The molecule has 132 valence electrons. The van der Waals surface area contributed by atoms with Crippen molar-refractivity contribution in [3.8, 4) is 0 Å². The Bertz CT molecular complexity index is 749. The maximum absolute atomic E-state index is 12.9. The van der Waals surface area contributed by atoms with Crippen LogP contribution >= 0.6 is 11.6 Å². The van der Waals surface area contributed by atoms with Gasteiger partial charge in [0.2, 0.25) is 5.91 Å². The van der Waals surface area contributed by atoms with E-state index in [4.69, 9.17) is 11.6 Å². The largest absolute Gasteiger partial charge is 0.336 e. The molecule has 1 N–H and O–H groups in total. The number of amides is 4. The van der Waals surface area contributed by atoms with Crippen molar-refractivity contribution in [2.75, 3.05) is 37.7 Å². The molecule has 4 amide bonds. The summed E-state index contributed by atoms with van der Waals surface area (Å²) in [5, 5.41) is 3.05. The van der Waals surface area contributed by atoms with Crippen LogP contribution in [0.25, 0.3) is 0 Å². The third kappa shape index (κ3) is 3.16. The Labute approximate surface area is 150 Å². The van der Waals surface area contributed by atoms with Crippen molar-refractivity contribution >= 4 is 35.1 Å². The van der Waals surface area contributed by atoms with Gasteiger partial charge in [0, 0.05) is 25.3 Å². The van der Waals surface area contributed by atoms with Gasteiger partial charge in [-0.25, -0.2) is 4.79 Å². The lowest BCUT2D eigenvalue weighted by Gasteiger charge is -2.20. The molecule has 1 aromatic carbocycles. The van der Waals surface area contributed by atoms with Crippen LogP contribution in [0.5, 0.6) is 0 Å². The van der Waals surface area contributed by atoms with E-state index in [1.165, 1.54) is 4.90 Å². The Morgan fingerprint density at radius 3 is 2.76 bits per heavy atom. The predicted molar refractivity (Wildman–Crippen MR) is 92.5 cm³/mol. The third-order valence-electron chi connectivity index (χ3n) is 4.83. The van der Waals surface area contributed by atoms with Crippen LogP contribution in [-0.4, -0.2) is 60.5 Å². The number of carbonyl (C=O) groups is 3. The van der Waals surface area contributed by atoms with Crippen LogP contribution in [0, 0.1) is 5.92 Å². The summed E-state index contributed by atoms with van der Waals surface area (Å²) in [6, 6.07) is 4.78. The fourth-order valence-corrected chi connectivity index (χ4v) is 3.44. The highest BCUT2D eigenvalue weighted by Gasteiger charge is 2.35. The average molecular weight is 363 g/mol. The number of anilines is 1. The van der Waals surface area contributed by atoms with E-state index in [0.717, 1.165) is 19.4 Å². The number of urea groups is 1. The monoisotopic (exact) mass is 362 g/mol. The Kier molecular flexibility index (Phi) is 4.03. The summed E-state index contributed by atoms with van der Waals surface area (Å²) in [6.45, 7) is 2.23. The summed E-state index contributed by atoms with van der Waals surface area (Å²) in [4.78, 5) is 41.6. The molecule has 0 atom stereocenters. The Morgan fingerprint density at radius 1 is 1.28 bits per heavy atom. The highest BCUT2D eigenvalue weighted by molar-refractivity contribution is 6.34. The molecule has 1 aromatic rings. The minimum atomic E-state index is -0.280. The molecule has 0 spiro atoms. The second kappa shape index (κ2) is 6.22. The molecule has 3 fully saturated rings. The molecule has 1 aliphatic carbocycles. The van der Waals surface area contributed by atoms with Gasteiger partial charge in [0.1, 0.15) is 6.54 Å². The van der Waals surface area contributed by atoms with Gasteiger partial charge >= 0.3 is 6.03 Å². The van der Waals surface area contributed by atoms with Gasteiger partial charge in [-0.1, -0.05) is 11.6 Å². The Morgan fingerprint density at radius 2 is 2.08 bits per heavy atom. The first-order valence-corrected chi connectivity index (χ1v) is 8.82. The standard InChI is InChI=1S/C17H19ClN4O3/c18-14-4-3-12(22-6-5-19-17(22)25)7-13(14)16(24)21-9-15(23)20(10-21)8-11-1-2-11/h3-4,7,11H,1-2,5-6,8-10H2,(H,19,25). The molecule has 4 rings (SSSR count). The zero-order chi connectivity index (χ0) is 17.6. The van der Waals surface area contributed by atoms with Gasteiger partial charge in [0.05, 0.1) is 17.3 Å². The van der Waals surface area contributed by atoms with Crippen molar-refractivity contribution in [3.05, 3.63) is 28.8 Å².